The third kappa shape index (κ3) is 2.38. The lowest BCUT2D eigenvalue weighted by Crippen LogP contribution is -2.39. The van der Waals surface area contributed by atoms with Gasteiger partial charge < -0.3 is 14.8 Å². The zero-order valence-electron chi connectivity index (χ0n) is 15.5. The lowest BCUT2D eigenvalue weighted by atomic mass is 9.83. The number of aryl methyl sites for hydroxylation is 1. The van der Waals surface area contributed by atoms with E-state index in [1.165, 1.54) is 22.3 Å². The standard InChI is InChI=1S/C22H22N2O3/c1-12-20(22(25)26)21-17-11-24-8-7-14-9-15(27-2)4-5-16(14)19(24)10-13(17)3-6-18(21)23-12/h3-6,9,19,23H,7-8,10-11H2,1-2H3,(H,25,26). The van der Waals surface area contributed by atoms with Crippen LogP contribution >= 0.6 is 0 Å². The first-order chi connectivity index (χ1) is 13.1. The highest BCUT2D eigenvalue weighted by Crippen LogP contribution is 2.41. The lowest BCUT2D eigenvalue weighted by molar-refractivity contribution is 0.0698. The number of hydrogen-bond donors (Lipinski definition) is 2. The van der Waals surface area contributed by atoms with Gasteiger partial charge in [0.15, 0.2) is 0 Å². The minimum atomic E-state index is -0.856. The number of hydrogen-bond acceptors (Lipinski definition) is 3. The summed E-state index contributed by atoms with van der Waals surface area (Å²) in [5.41, 5.74) is 7.23. The van der Waals surface area contributed by atoms with Gasteiger partial charge in [-0.15, -0.1) is 0 Å². The summed E-state index contributed by atoms with van der Waals surface area (Å²) in [5, 5.41) is 10.6. The van der Waals surface area contributed by atoms with Crippen molar-refractivity contribution >= 4 is 16.9 Å². The van der Waals surface area contributed by atoms with Gasteiger partial charge >= 0.3 is 5.97 Å². The van der Waals surface area contributed by atoms with E-state index in [0.29, 0.717) is 11.6 Å². The predicted octanol–water partition coefficient (Wildman–Crippen LogP) is 3.84. The van der Waals surface area contributed by atoms with Crippen molar-refractivity contribution in [3.63, 3.8) is 0 Å². The molecule has 2 aromatic carbocycles. The van der Waals surface area contributed by atoms with Gasteiger partial charge in [0.2, 0.25) is 0 Å². The summed E-state index contributed by atoms with van der Waals surface area (Å²) >= 11 is 0. The molecule has 0 radical (unpaired) electrons. The summed E-state index contributed by atoms with van der Waals surface area (Å²) in [7, 11) is 1.71. The Kier molecular flexibility index (Phi) is 3.56. The summed E-state index contributed by atoms with van der Waals surface area (Å²) in [5.74, 6) is 0.0550. The highest BCUT2D eigenvalue weighted by atomic mass is 16.5. The topological polar surface area (TPSA) is 65.6 Å². The van der Waals surface area contributed by atoms with E-state index < -0.39 is 5.97 Å². The van der Waals surface area contributed by atoms with E-state index in [0.717, 1.165) is 48.3 Å². The lowest BCUT2D eigenvalue weighted by Gasteiger charge is -2.41. The predicted molar refractivity (Wildman–Crippen MR) is 104 cm³/mol. The maximum atomic E-state index is 11.8. The SMILES string of the molecule is COc1ccc2c(c1)CCN1Cc3c(ccc4[nH]c(C)c(C(=O)O)c34)CC21. The molecule has 3 heterocycles. The number of fused-ring (bicyclic) bond motifs is 6. The second-order valence-electron chi connectivity index (χ2n) is 7.56. The van der Waals surface area contributed by atoms with Gasteiger partial charge in [0.05, 0.1) is 12.7 Å². The Morgan fingerprint density at radius 2 is 2.11 bits per heavy atom. The Hall–Kier alpha value is -2.79. The van der Waals surface area contributed by atoms with Gasteiger partial charge in [-0.3, -0.25) is 4.90 Å². The van der Waals surface area contributed by atoms with Gasteiger partial charge in [-0.2, -0.15) is 0 Å². The largest absolute Gasteiger partial charge is 0.497 e. The second kappa shape index (κ2) is 5.86. The van der Waals surface area contributed by atoms with Crippen molar-refractivity contribution in [2.45, 2.75) is 32.4 Å². The number of aromatic amines is 1. The average molecular weight is 362 g/mol. The van der Waals surface area contributed by atoms with Crippen LogP contribution in [0.25, 0.3) is 10.9 Å². The quantitative estimate of drug-likeness (QED) is 0.727. The summed E-state index contributed by atoms with van der Waals surface area (Å²) in [6.45, 7) is 3.61. The third-order valence-corrected chi connectivity index (χ3v) is 6.16. The molecule has 2 aliphatic heterocycles. The van der Waals surface area contributed by atoms with Crippen LogP contribution in [0.3, 0.4) is 0 Å². The fourth-order valence-electron chi connectivity index (χ4n) is 4.88. The highest BCUT2D eigenvalue weighted by molar-refractivity contribution is 6.06. The molecule has 0 spiro atoms. The number of aromatic carboxylic acids is 1. The molecule has 0 aliphatic carbocycles. The summed E-state index contributed by atoms with van der Waals surface area (Å²) in [6, 6.07) is 10.9. The normalized spacial score (nSPS) is 18.7. The molecule has 1 unspecified atom stereocenters. The number of benzene rings is 2. The molecule has 5 nitrogen and oxygen atoms in total. The number of ether oxygens (including phenoxy) is 1. The van der Waals surface area contributed by atoms with Crippen molar-refractivity contribution in [3.05, 3.63) is 63.8 Å². The van der Waals surface area contributed by atoms with E-state index in [9.17, 15) is 9.90 Å². The van der Waals surface area contributed by atoms with E-state index in [1.807, 2.05) is 19.1 Å². The van der Waals surface area contributed by atoms with Crippen molar-refractivity contribution in [1.29, 1.82) is 0 Å². The Morgan fingerprint density at radius 1 is 1.26 bits per heavy atom. The number of carboxylic acids is 1. The molecule has 0 bridgehead atoms. The molecule has 27 heavy (non-hydrogen) atoms. The Bertz CT molecular complexity index is 1080. The van der Waals surface area contributed by atoms with E-state index in [4.69, 9.17) is 4.74 Å². The number of carboxylic acid groups (broad SMARTS) is 1. The molecule has 2 aliphatic rings. The molecule has 1 atom stereocenters. The van der Waals surface area contributed by atoms with Crippen LogP contribution < -0.4 is 4.74 Å². The van der Waals surface area contributed by atoms with Crippen LogP contribution in [0.15, 0.2) is 30.3 Å². The number of aromatic nitrogens is 1. The fraction of sp³-hybridized carbons (Fsp3) is 0.318. The number of nitrogens with zero attached hydrogens (tertiary/aromatic N) is 1. The first-order valence-corrected chi connectivity index (χ1v) is 9.34. The van der Waals surface area contributed by atoms with Crippen LogP contribution in [0.5, 0.6) is 5.75 Å². The molecule has 5 heteroatoms. The van der Waals surface area contributed by atoms with Crippen LogP contribution in [0.1, 0.15) is 44.3 Å². The molecule has 3 aromatic rings. The Labute approximate surface area is 157 Å². The highest BCUT2D eigenvalue weighted by Gasteiger charge is 2.34. The minimum Gasteiger partial charge on any atom is -0.497 e. The Morgan fingerprint density at radius 3 is 2.89 bits per heavy atom. The van der Waals surface area contributed by atoms with Gasteiger partial charge in [-0.05, 0) is 60.2 Å². The summed E-state index contributed by atoms with van der Waals surface area (Å²) < 4.78 is 5.39. The summed E-state index contributed by atoms with van der Waals surface area (Å²) in [4.78, 5) is 17.6. The monoisotopic (exact) mass is 362 g/mol. The molecule has 2 N–H and O–H groups in total. The maximum Gasteiger partial charge on any atom is 0.338 e. The van der Waals surface area contributed by atoms with Crippen molar-refractivity contribution < 1.29 is 14.6 Å². The zero-order chi connectivity index (χ0) is 18.7. The minimum absolute atomic E-state index is 0.345. The summed E-state index contributed by atoms with van der Waals surface area (Å²) in [6.07, 6.45) is 1.90. The van der Waals surface area contributed by atoms with Crippen molar-refractivity contribution in [2.75, 3.05) is 13.7 Å². The first kappa shape index (κ1) is 16.4. The molecule has 0 saturated carbocycles. The smallest absolute Gasteiger partial charge is 0.338 e. The molecule has 5 rings (SSSR count). The molecule has 0 fully saturated rings. The molecule has 138 valence electrons. The molecular formula is C22H22N2O3. The molecule has 1 aromatic heterocycles. The molecular weight excluding hydrogens is 340 g/mol. The van der Waals surface area contributed by atoms with Crippen LogP contribution in [0, 0.1) is 6.92 Å². The third-order valence-electron chi connectivity index (χ3n) is 6.16. The fourth-order valence-corrected chi connectivity index (χ4v) is 4.88. The maximum absolute atomic E-state index is 11.8. The molecule has 0 saturated heterocycles. The van der Waals surface area contributed by atoms with E-state index >= 15 is 0 Å². The van der Waals surface area contributed by atoms with E-state index in [2.05, 4.69) is 28.1 Å². The van der Waals surface area contributed by atoms with Gasteiger partial charge in [0.25, 0.3) is 0 Å². The number of carbonyl (C=O) groups is 1. The zero-order valence-corrected chi connectivity index (χ0v) is 15.5. The van der Waals surface area contributed by atoms with Crippen LogP contribution in [-0.2, 0) is 19.4 Å². The van der Waals surface area contributed by atoms with Gasteiger partial charge in [-0.25, -0.2) is 4.79 Å². The number of methoxy groups -OCH3 is 1. The second-order valence-corrected chi connectivity index (χ2v) is 7.56. The van der Waals surface area contributed by atoms with Crippen LogP contribution in [0.4, 0.5) is 0 Å². The number of rotatable bonds is 2. The van der Waals surface area contributed by atoms with E-state index in [-0.39, 0.29) is 0 Å². The number of nitrogens with one attached hydrogen (secondary N) is 1. The van der Waals surface area contributed by atoms with Crippen molar-refractivity contribution in [1.82, 2.24) is 9.88 Å². The van der Waals surface area contributed by atoms with Crippen LogP contribution in [0.2, 0.25) is 0 Å². The van der Waals surface area contributed by atoms with Gasteiger partial charge in [-0.1, -0.05) is 12.1 Å². The average Bonchev–Trinajstić information content (AvgIpc) is 3.02. The first-order valence-electron chi connectivity index (χ1n) is 9.34. The van der Waals surface area contributed by atoms with Crippen molar-refractivity contribution in [2.24, 2.45) is 0 Å². The van der Waals surface area contributed by atoms with Gasteiger partial charge in [0, 0.05) is 35.7 Å². The van der Waals surface area contributed by atoms with Crippen LogP contribution in [-0.4, -0.2) is 34.6 Å². The Balaban J connectivity index is 1.63. The van der Waals surface area contributed by atoms with Crippen molar-refractivity contribution in [3.8, 4) is 5.75 Å². The number of H-pyrrole nitrogens is 1. The molecule has 0 amide bonds. The van der Waals surface area contributed by atoms with Gasteiger partial charge in [0.1, 0.15) is 5.75 Å². The van der Waals surface area contributed by atoms with E-state index in [1.54, 1.807) is 7.11 Å².